The van der Waals surface area contributed by atoms with Gasteiger partial charge >= 0.3 is 5.97 Å². The number of nitrogens with zero attached hydrogens (tertiary/aromatic N) is 1. The number of rotatable bonds is 6. The van der Waals surface area contributed by atoms with Crippen molar-refractivity contribution in [2.75, 3.05) is 6.61 Å². The first-order valence-corrected chi connectivity index (χ1v) is 6.40. The van der Waals surface area contributed by atoms with Crippen LogP contribution in [0.15, 0.2) is 36.9 Å². The summed E-state index contributed by atoms with van der Waals surface area (Å²) in [5.74, 6) is -0.530. The minimum absolute atomic E-state index is 0.216. The van der Waals surface area contributed by atoms with Crippen LogP contribution in [-0.2, 0) is 16.0 Å². The molecule has 19 heavy (non-hydrogen) atoms. The summed E-state index contributed by atoms with van der Waals surface area (Å²) in [6.45, 7) is 5.56. The average Bonchev–Trinajstić information content (AvgIpc) is 2.41. The smallest absolute Gasteiger partial charge is 0.327 e. The van der Waals surface area contributed by atoms with Crippen molar-refractivity contribution in [3.63, 3.8) is 0 Å². The number of nitriles is 1. The largest absolute Gasteiger partial charge is 0.465 e. The van der Waals surface area contributed by atoms with Crippen molar-refractivity contribution < 1.29 is 9.53 Å². The maximum absolute atomic E-state index is 12.1. The third-order valence-corrected chi connectivity index (χ3v) is 3.19. The monoisotopic (exact) mass is 277 g/mol. The summed E-state index contributed by atoms with van der Waals surface area (Å²) in [7, 11) is 0. The molecule has 0 aliphatic rings. The van der Waals surface area contributed by atoms with Gasteiger partial charge in [-0.15, -0.1) is 6.58 Å². The minimum atomic E-state index is -1.26. The van der Waals surface area contributed by atoms with E-state index < -0.39 is 11.4 Å². The van der Waals surface area contributed by atoms with Crippen LogP contribution >= 0.6 is 11.6 Å². The first-order valence-electron chi connectivity index (χ1n) is 6.02. The molecule has 4 heteroatoms. The van der Waals surface area contributed by atoms with Crippen LogP contribution in [0.4, 0.5) is 0 Å². The Hall–Kier alpha value is -1.79. The van der Waals surface area contributed by atoms with Gasteiger partial charge in [0.15, 0.2) is 5.41 Å². The Bertz CT molecular complexity index is 507. The molecule has 3 nitrogen and oxygen atoms in total. The lowest BCUT2D eigenvalue weighted by Crippen LogP contribution is -2.33. The third-order valence-electron chi connectivity index (χ3n) is 2.82. The van der Waals surface area contributed by atoms with Crippen molar-refractivity contribution >= 4 is 17.6 Å². The second kappa shape index (κ2) is 6.96. The standard InChI is InChI=1S/C15H16ClNO2/c1-3-9-15(11-17,14(18)19-4-2)10-12-7-5-6-8-13(12)16/h3,5-8H,1,4,9-10H2,2H3. The van der Waals surface area contributed by atoms with Crippen LogP contribution in [0.25, 0.3) is 0 Å². The van der Waals surface area contributed by atoms with E-state index in [2.05, 4.69) is 12.6 Å². The Kier molecular flexibility index (Phi) is 5.59. The zero-order valence-corrected chi connectivity index (χ0v) is 11.6. The SMILES string of the molecule is C=CCC(C#N)(Cc1ccccc1Cl)C(=O)OCC. The molecule has 0 aliphatic heterocycles. The topological polar surface area (TPSA) is 50.1 Å². The van der Waals surface area contributed by atoms with Gasteiger partial charge in [-0.05, 0) is 25.0 Å². The van der Waals surface area contributed by atoms with Crippen LogP contribution in [0.3, 0.4) is 0 Å². The lowest BCUT2D eigenvalue weighted by Gasteiger charge is -2.23. The molecule has 1 unspecified atom stereocenters. The molecule has 0 amide bonds. The van der Waals surface area contributed by atoms with Crippen LogP contribution in [-0.4, -0.2) is 12.6 Å². The highest BCUT2D eigenvalue weighted by Crippen LogP contribution is 2.31. The summed E-state index contributed by atoms with van der Waals surface area (Å²) in [6.07, 6.45) is 2.00. The Balaban J connectivity index is 3.11. The normalized spacial score (nSPS) is 13.1. The maximum atomic E-state index is 12.1. The van der Waals surface area contributed by atoms with Crippen LogP contribution in [0.2, 0.25) is 5.02 Å². The molecular weight excluding hydrogens is 262 g/mol. The van der Waals surface area contributed by atoms with E-state index >= 15 is 0 Å². The van der Waals surface area contributed by atoms with Crippen molar-refractivity contribution in [3.8, 4) is 6.07 Å². The van der Waals surface area contributed by atoms with E-state index in [-0.39, 0.29) is 19.4 Å². The fourth-order valence-corrected chi connectivity index (χ4v) is 2.04. The van der Waals surface area contributed by atoms with E-state index in [1.807, 2.05) is 6.07 Å². The Labute approximate surface area is 118 Å². The predicted molar refractivity (Wildman–Crippen MR) is 74.6 cm³/mol. The quantitative estimate of drug-likeness (QED) is 0.590. The van der Waals surface area contributed by atoms with E-state index in [0.29, 0.717) is 5.02 Å². The summed E-state index contributed by atoms with van der Waals surface area (Å²) in [6, 6.07) is 9.23. The lowest BCUT2D eigenvalue weighted by atomic mass is 9.80. The van der Waals surface area contributed by atoms with E-state index in [0.717, 1.165) is 5.56 Å². The van der Waals surface area contributed by atoms with Gasteiger partial charge in [0.1, 0.15) is 0 Å². The van der Waals surface area contributed by atoms with Gasteiger partial charge < -0.3 is 4.74 Å². The number of benzene rings is 1. The molecule has 0 spiro atoms. The molecule has 1 rings (SSSR count). The van der Waals surface area contributed by atoms with E-state index in [4.69, 9.17) is 16.3 Å². The first-order chi connectivity index (χ1) is 9.09. The molecule has 1 aromatic carbocycles. The highest BCUT2D eigenvalue weighted by molar-refractivity contribution is 6.31. The number of hydrogen-bond acceptors (Lipinski definition) is 3. The lowest BCUT2D eigenvalue weighted by molar-refractivity contribution is -0.151. The van der Waals surface area contributed by atoms with Gasteiger partial charge in [0, 0.05) is 11.4 Å². The summed E-state index contributed by atoms with van der Waals surface area (Å²) >= 11 is 6.08. The van der Waals surface area contributed by atoms with Crippen molar-refractivity contribution in [1.29, 1.82) is 5.26 Å². The van der Waals surface area contributed by atoms with Gasteiger partial charge in [-0.1, -0.05) is 35.9 Å². The van der Waals surface area contributed by atoms with Crippen LogP contribution in [0.5, 0.6) is 0 Å². The molecule has 0 saturated carbocycles. The van der Waals surface area contributed by atoms with E-state index in [1.165, 1.54) is 0 Å². The highest BCUT2D eigenvalue weighted by Gasteiger charge is 2.39. The molecule has 0 aromatic heterocycles. The Morgan fingerprint density at radius 3 is 2.79 bits per heavy atom. The Morgan fingerprint density at radius 1 is 1.58 bits per heavy atom. The molecule has 0 radical (unpaired) electrons. The van der Waals surface area contributed by atoms with Gasteiger partial charge in [-0.3, -0.25) is 4.79 Å². The number of halogens is 1. The molecule has 0 N–H and O–H groups in total. The number of ether oxygens (including phenoxy) is 1. The summed E-state index contributed by atoms with van der Waals surface area (Å²) in [5, 5.41) is 9.95. The summed E-state index contributed by atoms with van der Waals surface area (Å²) in [4.78, 5) is 12.1. The van der Waals surface area contributed by atoms with Crippen molar-refractivity contribution in [2.24, 2.45) is 5.41 Å². The third kappa shape index (κ3) is 3.59. The van der Waals surface area contributed by atoms with Crippen molar-refractivity contribution in [1.82, 2.24) is 0 Å². The van der Waals surface area contributed by atoms with Gasteiger partial charge in [0.25, 0.3) is 0 Å². The number of carbonyl (C=O) groups is 1. The maximum Gasteiger partial charge on any atom is 0.327 e. The van der Waals surface area contributed by atoms with Crippen molar-refractivity contribution in [3.05, 3.63) is 47.5 Å². The molecule has 100 valence electrons. The number of allylic oxidation sites excluding steroid dienone is 1. The van der Waals surface area contributed by atoms with Crippen LogP contribution < -0.4 is 0 Å². The van der Waals surface area contributed by atoms with E-state index in [9.17, 15) is 10.1 Å². The van der Waals surface area contributed by atoms with Crippen LogP contribution in [0.1, 0.15) is 18.9 Å². The summed E-state index contributed by atoms with van der Waals surface area (Å²) < 4.78 is 5.01. The number of esters is 1. The molecule has 1 atom stereocenters. The molecule has 0 fully saturated rings. The van der Waals surface area contributed by atoms with Crippen LogP contribution in [0, 0.1) is 16.7 Å². The van der Waals surface area contributed by atoms with Gasteiger partial charge in [0.2, 0.25) is 0 Å². The fraction of sp³-hybridized carbons (Fsp3) is 0.333. The zero-order valence-electron chi connectivity index (χ0n) is 10.9. The van der Waals surface area contributed by atoms with Gasteiger partial charge in [-0.2, -0.15) is 5.26 Å². The first kappa shape index (κ1) is 15.3. The second-order valence-electron chi connectivity index (χ2n) is 4.18. The van der Waals surface area contributed by atoms with Gasteiger partial charge in [0.05, 0.1) is 12.7 Å². The molecule has 0 heterocycles. The second-order valence-corrected chi connectivity index (χ2v) is 4.58. The van der Waals surface area contributed by atoms with Gasteiger partial charge in [-0.25, -0.2) is 0 Å². The fourth-order valence-electron chi connectivity index (χ4n) is 1.84. The van der Waals surface area contributed by atoms with E-state index in [1.54, 1.807) is 31.2 Å². The molecule has 0 aliphatic carbocycles. The highest BCUT2D eigenvalue weighted by atomic mass is 35.5. The van der Waals surface area contributed by atoms with Crippen molar-refractivity contribution in [2.45, 2.75) is 19.8 Å². The summed E-state index contributed by atoms with van der Waals surface area (Å²) in [5.41, 5.74) is -0.511. The molecule has 1 aromatic rings. The zero-order chi connectivity index (χ0) is 14.3. The molecule has 0 saturated heterocycles. The Morgan fingerprint density at radius 2 is 2.26 bits per heavy atom. The predicted octanol–water partition coefficient (Wildman–Crippen LogP) is 3.53. The number of carbonyl (C=O) groups excluding carboxylic acids is 1. The molecule has 0 bridgehead atoms. The number of hydrogen-bond donors (Lipinski definition) is 0. The average molecular weight is 278 g/mol. The molecular formula is C15H16ClNO2. The minimum Gasteiger partial charge on any atom is -0.465 e.